The molecule has 0 unspecified atom stereocenters. The number of ether oxygens (including phenoxy) is 1. The van der Waals surface area contributed by atoms with Crippen LogP contribution in [0.1, 0.15) is 19.3 Å². The van der Waals surface area contributed by atoms with Gasteiger partial charge >= 0.3 is 0 Å². The topological polar surface area (TPSA) is 46.6 Å². The summed E-state index contributed by atoms with van der Waals surface area (Å²) in [4.78, 5) is 0.191. The zero-order valence-electron chi connectivity index (χ0n) is 10.2. The van der Waals surface area contributed by atoms with E-state index in [2.05, 4.69) is 0 Å². The summed E-state index contributed by atoms with van der Waals surface area (Å²) < 4.78 is 31.6. The van der Waals surface area contributed by atoms with Gasteiger partial charge in [0.05, 0.1) is 7.11 Å². The van der Waals surface area contributed by atoms with Gasteiger partial charge in [0.25, 0.3) is 0 Å². The van der Waals surface area contributed by atoms with Crippen molar-refractivity contribution in [3.05, 3.63) is 23.2 Å². The van der Waals surface area contributed by atoms with E-state index in [-0.39, 0.29) is 4.90 Å². The van der Waals surface area contributed by atoms with Gasteiger partial charge in [-0.2, -0.15) is 4.31 Å². The van der Waals surface area contributed by atoms with Crippen molar-refractivity contribution in [1.82, 2.24) is 4.31 Å². The summed E-state index contributed by atoms with van der Waals surface area (Å²) in [5.74, 6) is 0.299. The number of hydrogen-bond acceptors (Lipinski definition) is 3. The Morgan fingerprint density at radius 2 is 1.89 bits per heavy atom. The van der Waals surface area contributed by atoms with Gasteiger partial charge < -0.3 is 4.74 Å². The van der Waals surface area contributed by atoms with Gasteiger partial charge in [0, 0.05) is 24.2 Å². The molecule has 0 amide bonds. The van der Waals surface area contributed by atoms with E-state index in [0.29, 0.717) is 23.9 Å². The van der Waals surface area contributed by atoms with E-state index in [1.807, 2.05) is 0 Å². The van der Waals surface area contributed by atoms with Crippen LogP contribution in [0.3, 0.4) is 0 Å². The van der Waals surface area contributed by atoms with Crippen LogP contribution in [0, 0.1) is 0 Å². The molecule has 2 rings (SSSR count). The predicted octanol–water partition coefficient (Wildman–Crippen LogP) is 2.52. The third-order valence-corrected chi connectivity index (χ3v) is 5.23. The SMILES string of the molecule is COc1cc(Cl)ccc1S(=O)(=O)N1CCCCC1. The number of sulfonamides is 1. The van der Waals surface area contributed by atoms with Gasteiger partial charge in [-0.1, -0.05) is 18.0 Å². The highest BCUT2D eigenvalue weighted by molar-refractivity contribution is 7.89. The van der Waals surface area contributed by atoms with Gasteiger partial charge in [0.15, 0.2) is 0 Å². The number of piperidine rings is 1. The normalized spacial score (nSPS) is 17.7. The molecule has 6 heteroatoms. The Bertz CT molecular complexity index is 524. The number of rotatable bonds is 3. The lowest BCUT2D eigenvalue weighted by Crippen LogP contribution is -2.35. The third-order valence-electron chi connectivity index (χ3n) is 3.06. The average Bonchev–Trinajstić information content (AvgIpc) is 2.39. The molecule has 0 radical (unpaired) electrons. The standard InChI is InChI=1S/C12H16ClNO3S/c1-17-11-9-10(13)5-6-12(11)18(15,16)14-7-3-2-4-8-14/h5-6,9H,2-4,7-8H2,1H3. The fourth-order valence-electron chi connectivity index (χ4n) is 2.10. The van der Waals surface area contributed by atoms with E-state index in [4.69, 9.17) is 16.3 Å². The molecule has 0 saturated carbocycles. The quantitative estimate of drug-likeness (QED) is 0.859. The Morgan fingerprint density at radius 3 is 2.50 bits per heavy atom. The van der Waals surface area contributed by atoms with Crippen molar-refractivity contribution in [3.8, 4) is 5.75 Å². The van der Waals surface area contributed by atoms with Gasteiger partial charge in [0.1, 0.15) is 10.6 Å². The van der Waals surface area contributed by atoms with Crippen LogP contribution in [0.2, 0.25) is 5.02 Å². The van der Waals surface area contributed by atoms with Crippen LogP contribution in [0.5, 0.6) is 5.75 Å². The monoisotopic (exact) mass is 289 g/mol. The van der Waals surface area contributed by atoms with Crippen molar-refractivity contribution in [2.75, 3.05) is 20.2 Å². The summed E-state index contributed by atoms with van der Waals surface area (Å²) in [5, 5.41) is 0.462. The van der Waals surface area contributed by atoms with E-state index >= 15 is 0 Å². The van der Waals surface area contributed by atoms with E-state index in [1.165, 1.54) is 23.5 Å². The summed E-state index contributed by atoms with van der Waals surface area (Å²) in [5.41, 5.74) is 0. The maximum absolute atomic E-state index is 12.5. The molecule has 18 heavy (non-hydrogen) atoms. The largest absolute Gasteiger partial charge is 0.495 e. The van der Waals surface area contributed by atoms with Gasteiger partial charge in [-0.05, 0) is 25.0 Å². The second-order valence-electron chi connectivity index (χ2n) is 4.26. The van der Waals surface area contributed by atoms with E-state index in [0.717, 1.165) is 19.3 Å². The number of halogens is 1. The molecule has 1 saturated heterocycles. The summed E-state index contributed by atoms with van der Waals surface area (Å²) in [6.45, 7) is 1.15. The van der Waals surface area contributed by atoms with Crippen molar-refractivity contribution < 1.29 is 13.2 Å². The molecule has 0 aromatic heterocycles. The van der Waals surface area contributed by atoms with Crippen molar-refractivity contribution in [2.45, 2.75) is 24.2 Å². The summed E-state index contributed by atoms with van der Waals surface area (Å²) in [7, 11) is -2.03. The smallest absolute Gasteiger partial charge is 0.246 e. The Labute approximate surface area is 113 Å². The Morgan fingerprint density at radius 1 is 1.22 bits per heavy atom. The van der Waals surface area contributed by atoms with E-state index < -0.39 is 10.0 Å². The fraction of sp³-hybridized carbons (Fsp3) is 0.500. The maximum atomic E-state index is 12.5. The number of benzene rings is 1. The highest BCUT2D eigenvalue weighted by Gasteiger charge is 2.28. The average molecular weight is 290 g/mol. The van der Waals surface area contributed by atoms with Crippen LogP contribution in [-0.4, -0.2) is 32.9 Å². The van der Waals surface area contributed by atoms with E-state index in [1.54, 1.807) is 6.07 Å². The van der Waals surface area contributed by atoms with E-state index in [9.17, 15) is 8.42 Å². The first-order chi connectivity index (χ1) is 8.55. The summed E-state index contributed by atoms with van der Waals surface area (Å²) >= 11 is 5.84. The second kappa shape index (κ2) is 5.47. The minimum atomic E-state index is -3.47. The zero-order chi connectivity index (χ0) is 13.2. The van der Waals surface area contributed by atoms with Gasteiger partial charge in [-0.3, -0.25) is 0 Å². The van der Waals surface area contributed by atoms with Crippen molar-refractivity contribution in [1.29, 1.82) is 0 Å². The molecule has 0 bridgehead atoms. The van der Waals surface area contributed by atoms with Crippen molar-refractivity contribution >= 4 is 21.6 Å². The fourth-order valence-corrected chi connectivity index (χ4v) is 3.91. The van der Waals surface area contributed by atoms with Crippen molar-refractivity contribution in [3.63, 3.8) is 0 Å². The number of hydrogen-bond donors (Lipinski definition) is 0. The highest BCUT2D eigenvalue weighted by Crippen LogP contribution is 2.30. The molecule has 0 spiro atoms. The molecular weight excluding hydrogens is 274 g/mol. The number of nitrogens with zero attached hydrogens (tertiary/aromatic N) is 1. The molecule has 0 atom stereocenters. The first-order valence-electron chi connectivity index (χ1n) is 5.89. The first kappa shape index (κ1) is 13.6. The third kappa shape index (κ3) is 2.63. The zero-order valence-corrected chi connectivity index (χ0v) is 11.8. The Balaban J connectivity index is 2.40. The van der Waals surface area contributed by atoms with Gasteiger partial charge in [-0.25, -0.2) is 8.42 Å². The summed E-state index contributed by atoms with van der Waals surface area (Å²) in [6, 6.07) is 4.60. The van der Waals surface area contributed by atoms with Gasteiger partial charge in [-0.15, -0.1) is 0 Å². The Hall–Kier alpha value is -0.780. The predicted molar refractivity (Wildman–Crippen MR) is 70.6 cm³/mol. The minimum Gasteiger partial charge on any atom is -0.495 e. The first-order valence-corrected chi connectivity index (χ1v) is 7.71. The molecule has 0 aliphatic carbocycles. The molecule has 4 nitrogen and oxygen atoms in total. The molecule has 100 valence electrons. The second-order valence-corrected chi connectivity index (χ2v) is 6.60. The van der Waals surface area contributed by atoms with Crippen LogP contribution in [0.4, 0.5) is 0 Å². The molecule has 1 aromatic rings. The van der Waals surface area contributed by atoms with Crippen LogP contribution in [0.15, 0.2) is 23.1 Å². The van der Waals surface area contributed by atoms with Crippen LogP contribution in [0.25, 0.3) is 0 Å². The summed E-state index contributed by atoms with van der Waals surface area (Å²) in [6.07, 6.45) is 2.91. The van der Waals surface area contributed by atoms with Crippen LogP contribution >= 0.6 is 11.6 Å². The van der Waals surface area contributed by atoms with Gasteiger partial charge in [0.2, 0.25) is 10.0 Å². The van der Waals surface area contributed by atoms with Crippen molar-refractivity contribution in [2.24, 2.45) is 0 Å². The molecular formula is C12H16ClNO3S. The minimum absolute atomic E-state index is 0.191. The molecule has 1 aromatic carbocycles. The highest BCUT2D eigenvalue weighted by atomic mass is 35.5. The maximum Gasteiger partial charge on any atom is 0.246 e. The lowest BCUT2D eigenvalue weighted by molar-refractivity contribution is 0.343. The lowest BCUT2D eigenvalue weighted by Gasteiger charge is -2.26. The number of methoxy groups -OCH3 is 1. The molecule has 1 heterocycles. The molecule has 1 fully saturated rings. The lowest BCUT2D eigenvalue weighted by atomic mass is 10.2. The Kier molecular flexibility index (Phi) is 4.14. The van der Waals surface area contributed by atoms with Crippen LogP contribution < -0.4 is 4.74 Å². The molecule has 1 aliphatic heterocycles. The molecule has 0 N–H and O–H groups in total. The molecule has 1 aliphatic rings. The van der Waals surface area contributed by atoms with Crippen LogP contribution in [-0.2, 0) is 10.0 Å².